The lowest BCUT2D eigenvalue weighted by Gasteiger charge is -2.35. The maximum absolute atomic E-state index is 12.3. The van der Waals surface area contributed by atoms with Gasteiger partial charge in [0, 0.05) is 19.6 Å². The van der Waals surface area contributed by atoms with Crippen LogP contribution in [0.2, 0.25) is 0 Å². The van der Waals surface area contributed by atoms with Crippen molar-refractivity contribution in [2.24, 2.45) is 11.8 Å². The molecule has 2 heterocycles. The van der Waals surface area contributed by atoms with Crippen molar-refractivity contribution in [2.45, 2.75) is 39.0 Å². The summed E-state index contributed by atoms with van der Waals surface area (Å²) in [6, 6.07) is 0. The van der Waals surface area contributed by atoms with Crippen molar-refractivity contribution >= 4 is 5.91 Å². The molecule has 0 bridgehead atoms. The molecule has 2 aliphatic heterocycles. The standard InChI is InChI=1S/C13H24N2O/c1-2-11-5-4-8-15(10-11)13(16)12-6-3-7-14-9-12/h11-12,14H,2-10H2,1H3/t11?,12-/m1/s1. The first-order valence-electron chi connectivity index (χ1n) is 6.80. The molecular weight excluding hydrogens is 200 g/mol. The third-order valence-electron chi connectivity index (χ3n) is 4.05. The van der Waals surface area contributed by atoms with E-state index in [0.717, 1.165) is 44.9 Å². The molecule has 92 valence electrons. The number of hydrogen-bond acceptors (Lipinski definition) is 2. The molecule has 3 heteroatoms. The predicted octanol–water partition coefficient (Wildman–Crippen LogP) is 1.63. The van der Waals surface area contributed by atoms with E-state index in [1.807, 2.05) is 0 Å². The number of likely N-dealkylation sites (tertiary alicyclic amines) is 1. The molecule has 1 amide bonds. The summed E-state index contributed by atoms with van der Waals surface area (Å²) in [5.74, 6) is 1.41. The highest BCUT2D eigenvalue weighted by Gasteiger charge is 2.28. The Balaban J connectivity index is 1.87. The van der Waals surface area contributed by atoms with Crippen molar-refractivity contribution in [3.8, 4) is 0 Å². The van der Waals surface area contributed by atoms with Gasteiger partial charge in [0.2, 0.25) is 5.91 Å². The molecule has 16 heavy (non-hydrogen) atoms. The minimum Gasteiger partial charge on any atom is -0.342 e. The second-order valence-corrected chi connectivity index (χ2v) is 5.24. The van der Waals surface area contributed by atoms with Gasteiger partial charge in [-0.3, -0.25) is 4.79 Å². The molecule has 0 aromatic rings. The van der Waals surface area contributed by atoms with E-state index >= 15 is 0 Å². The highest BCUT2D eigenvalue weighted by atomic mass is 16.2. The van der Waals surface area contributed by atoms with Gasteiger partial charge in [-0.15, -0.1) is 0 Å². The number of amides is 1. The van der Waals surface area contributed by atoms with E-state index in [1.165, 1.54) is 19.3 Å². The largest absolute Gasteiger partial charge is 0.342 e. The molecule has 2 saturated heterocycles. The fourth-order valence-corrected chi connectivity index (χ4v) is 2.92. The normalized spacial score (nSPS) is 31.4. The first-order chi connectivity index (χ1) is 7.81. The predicted molar refractivity (Wildman–Crippen MR) is 65.2 cm³/mol. The number of nitrogens with zero attached hydrogens (tertiary/aromatic N) is 1. The molecular formula is C13H24N2O. The monoisotopic (exact) mass is 224 g/mol. The second kappa shape index (κ2) is 5.67. The van der Waals surface area contributed by atoms with Gasteiger partial charge in [0.05, 0.1) is 5.92 Å². The number of carbonyl (C=O) groups excluding carboxylic acids is 1. The molecule has 3 nitrogen and oxygen atoms in total. The minimum absolute atomic E-state index is 0.254. The van der Waals surface area contributed by atoms with Crippen LogP contribution >= 0.6 is 0 Å². The van der Waals surface area contributed by atoms with E-state index in [2.05, 4.69) is 17.1 Å². The zero-order chi connectivity index (χ0) is 11.4. The van der Waals surface area contributed by atoms with Gasteiger partial charge in [-0.05, 0) is 38.1 Å². The summed E-state index contributed by atoms with van der Waals surface area (Å²) in [5, 5.41) is 3.33. The molecule has 1 unspecified atom stereocenters. The summed E-state index contributed by atoms with van der Waals surface area (Å²) < 4.78 is 0. The topological polar surface area (TPSA) is 32.3 Å². The summed E-state index contributed by atoms with van der Waals surface area (Å²) in [4.78, 5) is 14.4. The molecule has 0 spiro atoms. The van der Waals surface area contributed by atoms with Crippen molar-refractivity contribution < 1.29 is 4.79 Å². The van der Waals surface area contributed by atoms with E-state index in [-0.39, 0.29) is 5.92 Å². The van der Waals surface area contributed by atoms with Crippen LogP contribution in [0, 0.1) is 11.8 Å². The van der Waals surface area contributed by atoms with Crippen molar-refractivity contribution in [3.05, 3.63) is 0 Å². The summed E-state index contributed by atoms with van der Waals surface area (Å²) in [7, 11) is 0. The van der Waals surface area contributed by atoms with E-state index < -0.39 is 0 Å². The Morgan fingerprint density at radius 1 is 1.38 bits per heavy atom. The first kappa shape index (κ1) is 11.9. The maximum atomic E-state index is 12.3. The molecule has 2 atom stereocenters. The number of piperidine rings is 2. The van der Waals surface area contributed by atoms with Gasteiger partial charge >= 0.3 is 0 Å². The van der Waals surface area contributed by atoms with Gasteiger partial charge in [-0.25, -0.2) is 0 Å². The average Bonchev–Trinajstić information content (AvgIpc) is 2.39. The lowest BCUT2D eigenvalue weighted by molar-refractivity contribution is -0.137. The zero-order valence-electron chi connectivity index (χ0n) is 10.4. The van der Waals surface area contributed by atoms with Crippen LogP contribution in [-0.2, 0) is 4.79 Å². The number of rotatable bonds is 2. The van der Waals surface area contributed by atoms with Crippen LogP contribution in [0.25, 0.3) is 0 Å². The van der Waals surface area contributed by atoms with Gasteiger partial charge in [0.1, 0.15) is 0 Å². The summed E-state index contributed by atoms with van der Waals surface area (Å²) in [5.41, 5.74) is 0. The smallest absolute Gasteiger partial charge is 0.226 e. The van der Waals surface area contributed by atoms with E-state index in [9.17, 15) is 4.79 Å². The SMILES string of the molecule is CCC1CCCN(C(=O)[C@@H]2CCCNC2)C1. The molecule has 2 fully saturated rings. The zero-order valence-corrected chi connectivity index (χ0v) is 10.4. The Bertz CT molecular complexity index is 236. The fraction of sp³-hybridized carbons (Fsp3) is 0.923. The van der Waals surface area contributed by atoms with E-state index in [4.69, 9.17) is 0 Å². The van der Waals surface area contributed by atoms with Crippen LogP contribution < -0.4 is 5.32 Å². The molecule has 2 rings (SSSR count). The van der Waals surface area contributed by atoms with Crippen LogP contribution in [0.1, 0.15) is 39.0 Å². The third-order valence-corrected chi connectivity index (χ3v) is 4.05. The molecule has 0 aliphatic carbocycles. The molecule has 0 aromatic heterocycles. The number of hydrogen-bond donors (Lipinski definition) is 1. The Hall–Kier alpha value is -0.570. The van der Waals surface area contributed by atoms with Gasteiger partial charge in [0.25, 0.3) is 0 Å². The van der Waals surface area contributed by atoms with Crippen LogP contribution in [-0.4, -0.2) is 37.0 Å². The van der Waals surface area contributed by atoms with Crippen molar-refractivity contribution in [2.75, 3.05) is 26.2 Å². The molecule has 0 aromatic carbocycles. The van der Waals surface area contributed by atoms with Crippen LogP contribution in [0.3, 0.4) is 0 Å². The molecule has 0 radical (unpaired) electrons. The van der Waals surface area contributed by atoms with Gasteiger partial charge in [-0.2, -0.15) is 0 Å². The molecule has 2 aliphatic rings. The van der Waals surface area contributed by atoms with Gasteiger partial charge in [-0.1, -0.05) is 13.3 Å². The van der Waals surface area contributed by atoms with Crippen molar-refractivity contribution in [3.63, 3.8) is 0 Å². The van der Waals surface area contributed by atoms with Crippen molar-refractivity contribution in [1.82, 2.24) is 10.2 Å². The number of carbonyl (C=O) groups is 1. The minimum atomic E-state index is 0.254. The summed E-state index contributed by atoms with van der Waals surface area (Å²) in [6.45, 7) is 6.21. The lowest BCUT2D eigenvalue weighted by Crippen LogP contribution is -2.46. The Morgan fingerprint density at radius 2 is 2.25 bits per heavy atom. The van der Waals surface area contributed by atoms with E-state index in [0.29, 0.717) is 5.91 Å². The van der Waals surface area contributed by atoms with Crippen LogP contribution in [0.15, 0.2) is 0 Å². The van der Waals surface area contributed by atoms with E-state index in [1.54, 1.807) is 0 Å². The third kappa shape index (κ3) is 2.76. The fourth-order valence-electron chi connectivity index (χ4n) is 2.92. The Morgan fingerprint density at radius 3 is 2.94 bits per heavy atom. The summed E-state index contributed by atoms with van der Waals surface area (Å²) >= 11 is 0. The number of nitrogens with one attached hydrogen (secondary N) is 1. The summed E-state index contributed by atoms with van der Waals surface area (Å²) in [6.07, 6.45) is 5.96. The highest BCUT2D eigenvalue weighted by Crippen LogP contribution is 2.22. The van der Waals surface area contributed by atoms with Crippen LogP contribution in [0.5, 0.6) is 0 Å². The quantitative estimate of drug-likeness (QED) is 0.773. The Kier molecular flexibility index (Phi) is 4.22. The van der Waals surface area contributed by atoms with Crippen LogP contribution in [0.4, 0.5) is 0 Å². The van der Waals surface area contributed by atoms with Gasteiger partial charge < -0.3 is 10.2 Å². The molecule has 1 N–H and O–H groups in total. The Labute approximate surface area is 98.6 Å². The average molecular weight is 224 g/mol. The first-order valence-corrected chi connectivity index (χ1v) is 6.80. The van der Waals surface area contributed by atoms with Gasteiger partial charge in [0.15, 0.2) is 0 Å². The second-order valence-electron chi connectivity index (χ2n) is 5.24. The lowest BCUT2D eigenvalue weighted by atomic mass is 9.92. The highest BCUT2D eigenvalue weighted by molar-refractivity contribution is 5.79. The maximum Gasteiger partial charge on any atom is 0.226 e. The molecule has 0 saturated carbocycles. The van der Waals surface area contributed by atoms with Crippen molar-refractivity contribution in [1.29, 1.82) is 0 Å².